The van der Waals surface area contributed by atoms with Gasteiger partial charge in [0, 0.05) is 19.5 Å². The van der Waals surface area contributed by atoms with Gasteiger partial charge in [-0.05, 0) is 44.7 Å². The van der Waals surface area contributed by atoms with Crippen LogP contribution in [-0.4, -0.2) is 36.5 Å². The van der Waals surface area contributed by atoms with Crippen molar-refractivity contribution in [3.63, 3.8) is 0 Å². The topological polar surface area (TPSA) is 32.3 Å². The van der Waals surface area contributed by atoms with Crippen LogP contribution in [0.3, 0.4) is 0 Å². The van der Waals surface area contributed by atoms with E-state index in [1.165, 1.54) is 25.7 Å². The van der Waals surface area contributed by atoms with E-state index < -0.39 is 0 Å². The smallest absolute Gasteiger partial charge is 0.219 e. The second-order valence-electron chi connectivity index (χ2n) is 4.61. The fraction of sp³-hybridized carbons (Fsp3) is 0.909. The molecular weight excluding hydrogens is 176 g/mol. The number of piperidine rings is 1. The molecule has 14 heavy (non-hydrogen) atoms. The normalized spacial score (nSPS) is 27.4. The van der Waals surface area contributed by atoms with Gasteiger partial charge in [0.15, 0.2) is 0 Å². The molecule has 1 amide bonds. The zero-order valence-corrected chi connectivity index (χ0v) is 8.96. The Kier molecular flexibility index (Phi) is 3.06. The van der Waals surface area contributed by atoms with E-state index >= 15 is 0 Å². The van der Waals surface area contributed by atoms with Crippen LogP contribution in [0.1, 0.15) is 32.6 Å². The second kappa shape index (κ2) is 4.30. The molecule has 80 valence electrons. The fourth-order valence-electron chi connectivity index (χ4n) is 2.28. The molecule has 2 fully saturated rings. The van der Waals surface area contributed by atoms with Gasteiger partial charge in [-0.25, -0.2) is 0 Å². The Bertz CT molecular complexity index is 207. The Balaban J connectivity index is 1.82. The van der Waals surface area contributed by atoms with Crippen LogP contribution in [0.15, 0.2) is 0 Å². The van der Waals surface area contributed by atoms with Crippen molar-refractivity contribution in [3.05, 3.63) is 0 Å². The molecular formula is C11H20N2O. The van der Waals surface area contributed by atoms with Crippen LogP contribution in [0, 0.1) is 5.92 Å². The number of hydrogen-bond donors (Lipinski definition) is 1. The molecule has 1 aliphatic heterocycles. The van der Waals surface area contributed by atoms with E-state index in [-0.39, 0.29) is 5.91 Å². The average Bonchev–Trinajstić information content (AvgIpc) is 2.99. The van der Waals surface area contributed by atoms with Gasteiger partial charge >= 0.3 is 0 Å². The van der Waals surface area contributed by atoms with Crippen molar-refractivity contribution in [2.24, 2.45) is 5.92 Å². The average molecular weight is 196 g/mol. The molecule has 1 atom stereocenters. The molecule has 3 nitrogen and oxygen atoms in total. The van der Waals surface area contributed by atoms with Crippen molar-refractivity contribution in [1.29, 1.82) is 0 Å². The Labute approximate surface area is 85.8 Å². The lowest BCUT2D eigenvalue weighted by molar-refractivity contribution is -0.130. The molecule has 0 spiro atoms. The van der Waals surface area contributed by atoms with Crippen LogP contribution in [0.4, 0.5) is 0 Å². The molecule has 0 unspecified atom stereocenters. The molecule has 1 aliphatic carbocycles. The molecule has 0 bridgehead atoms. The third-order valence-electron chi connectivity index (χ3n) is 3.25. The highest BCUT2D eigenvalue weighted by Crippen LogP contribution is 2.28. The fourth-order valence-corrected chi connectivity index (χ4v) is 2.28. The summed E-state index contributed by atoms with van der Waals surface area (Å²) in [5.41, 5.74) is 0. The molecule has 0 radical (unpaired) electrons. The van der Waals surface area contributed by atoms with Crippen molar-refractivity contribution in [3.8, 4) is 0 Å². The molecule has 1 N–H and O–H groups in total. The minimum absolute atomic E-state index is 0.262. The Morgan fingerprint density at radius 2 is 2.21 bits per heavy atom. The van der Waals surface area contributed by atoms with Gasteiger partial charge in [-0.1, -0.05) is 0 Å². The maximum Gasteiger partial charge on any atom is 0.219 e. The Morgan fingerprint density at radius 3 is 2.71 bits per heavy atom. The van der Waals surface area contributed by atoms with Crippen molar-refractivity contribution < 1.29 is 4.79 Å². The first-order valence-corrected chi connectivity index (χ1v) is 5.75. The second-order valence-corrected chi connectivity index (χ2v) is 4.61. The van der Waals surface area contributed by atoms with Crippen molar-refractivity contribution in [1.82, 2.24) is 10.2 Å². The molecule has 0 aromatic carbocycles. The summed E-state index contributed by atoms with van der Waals surface area (Å²) in [6.45, 7) is 4.93. The van der Waals surface area contributed by atoms with Crippen LogP contribution in [0.2, 0.25) is 0 Å². The maximum absolute atomic E-state index is 11.4. The molecule has 0 aromatic heterocycles. The summed E-state index contributed by atoms with van der Waals surface area (Å²) >= 11 is 0. The number of carbonyl (C=O) groups is 1. The molecule has 2 rings (SSSR count). The van der Waals surface area contributed by atoms with Crippen LogP contribution < -0.4 is 5.32 Å². The Morgan fingerprint density at radius 1 is 1.43 bits per heavy atom. The summed E-state index contributed by atoms with van der Waals surface area (Å²) in [4.78, 5) is 13.5. The molecule has 0 aromatic rings. The summed E-state index contributed by atoms with van der Waals surface area (Å²) in [5, 5.41) is 3.40. The Hall–Kier alpha value is -0.570. The SMILES string of the molecule is CC(=O)N(C[C@@H]1CCCNC1)C1CC1. The first-order valence-electron chi connectivity index (χ1n) is 5.75. The van der Waals surface area contributed by atoms with Crippen LogP contribution in [0.25, 0.3) is 0 Å². The van der Waals surface area contributed by atoms with E-state index in [2.05, 4.69) is 10.2 Å². The van der Waals surface area contributed by atoms with Crippen LogP contribution in [-0.2, 0) is 4.79 Å². The van der Waals surface area contributed by atoms with Crippen molar-refractivity contribution in [2.45, 2.75) is 38.6 Å². The number of hydrogen-bond acceptors (Lipinski definition) is 2. The van der Waals surface area contributed by atoms with E-state index in [0.717, 1.165) is 19.6 Å². The summed E-state index contributed by atoms with van der Waals surface area (Å²) in [7, 11) is 0. The number of amides is 1. The molecule has 1 saturated heterocycles. The molecule has 1 saturated carbocycles. The number of rotatable bonds is 3. The predicted octanol–water partition coefficient (Wildman–Crippen LogP) is 0.997. The first kappa shape index (κ1) is 9.97. The highest BCUT2D eigenvalue weighted by Gasteiger charge is 2.32. The van der Waals surface area contributed by atoms with E-state index in [0.29, 0.717) is 12.0 Å². The van der Waals surface area contributed by atoms with Gasteiger partial charge < -0.3 is 10.2 Å². The molecule has 3 heteroatoms. The van der Waals surface area contributed by atoms with Gasteiger partial charge in [0.25, 0.3) is 0 Å². The standard InChI is InChI=1S/C11H20N2O/c1-9(14)13(11-4-5-11)8-10-3-2-6-12-7-10/h10-12H,2-8H2,1H3/t10-/m1/s1. The minimum atomic E-state index is 0.262. The number of nitrogens with zero attached hydrogens (tertiary/aromatic N) is 1. The molecule has 2 aliphatic rings. The van der Waals surface area contributed by atoms with Gasteiger partial charge in [0.1, 0.15) is 0 Å². The first-order chi connectivity index (χ1) is 6.77. The van der Waals surface area contributed by atoms with E-state index in [1.54, 1.807) is 6.92 Å². The third kappa shape index (κ3) is 2.47. The van der Waals surface area contributed by atoms with Crippen LogP contribution in [0.5, 0.6) is 0 Å². The monoisotopic (exact) mass is 196 g/mol. The lowest BCUT2D eigenvalue weighted by atomic mass is 9.99. The van der Waals surface area contributed by atoms with Crippen LogP contribution >= 0.6 is 0 Å². The van der Waals surface area contributed by atoms with E-state index in [4.69, 9.17) is 0 Å². The van der Waals surface area contributed by atoms with Gasteiger partial charge in [-0.3, -0.25) is 4.79 Å². The van der Waals surface area contributed by atoms with E-state index in [9.17, 15) is 4.79 Å². The predicted molar refractivity (Wildman–Crippen MR) is 56.0 cm³/mol. The van der Waals surface area contributed by atoms with Gasteiger partial charge in [-0.2, -0.15) is 0 Å². The van der Waals surface area contributed by atoms with Gasteiger partial charge in [0.05, 0.1) is 0 Å². The highest BCUT2D eigenvalue weighted by molar-refractivity contribution is 5.74. The van der Waals surface area contributed by atoms with Crippen molar-refractivity contribution in [2.75, 3.05) is 19.6 Å². The maximum atomic E-state index is 11.4. The highest BCUT2D eigenvalue weighted by atomic mass is 16.2. The quantitative estimate of drug-likeness (QED) is 0.730. The third-order valence-corrected chi connectivity index (χ3v) is 3.25. The van der Waals surface area contributed by atoms with Gasteiger partial charge in [-0.15, -0.1) is 0 Å². The van der Waals surface area contributed by atoms with E-state index in [1.807, 2.05) is 0 Å². The summed E-state index contributed by atoms with van der Waals surface area (Å²) in [6, 6.07) is 0.578. The minimum Gasteiger partial charge on any atom is -0.340 e. The zero-order chi connectivity index (χ0) is 9.97. The summed E-state index contributed by atoms with van der Waals surface area (Å²) < 4.78 is 0. The largest absolute Gasteiger partial charge is 0.340 e. The summed E-state index contributed by atoms with van der Waals surface area (Å²) in [6.07, 6.45) is 4.99. The number of carbonyl (C=O) groups excluding carboxylic acids is 1. The number of nitrogens with one attached hydrogen (secondary N) is 1. The summed E-state index contributed by atoms with van der Waals surface area (Å²) in [5.74, 6) is 0.950. The lowest BCUT2D eigenvalue weighted by Gasteiger charge is -2.29. The molecule has 1 heterocycles. The lowest BCUT2D eigenvalue weighted by Crippen LogP contribution is -2.41. The zero-order valence-electron chi connectivity index (χ0n) is 8.96. The van der Waals surface area contributed by atoms with Crippen molar-refractivity contribution >= 4 is 5.91 Å². The van der Waals surface area contributed by atoms with Gasteiger partial charge in [0.2, 0.25) is 5.91 Å².